The van der Waals surface area contributed by atoms with Crippen molar-refractivity contribution in [2.24, 2.45) is 0 Å². The van der Waals surface area contributed by atoms with Crippen LogP contribution in [0.4, 0.5) is 16.2 Å². The van der Waals surface area contributed by atoms with Gasteiger partial charge in [-0.3, -0.25) is 19.7 Å². The maximum Gasteiger partial charge on any atom is 0.335 e. The molecule has 5 amide bonds. The monoisotopic (exact) mass is 635 g/mol. The van der Waals surface area contributed by atoms with Crippen LogP contribution in [0.3, 0.4) is 0 Å². The minimum absolute atomic E-state index is 0.0485. The van der Waals surface area contributed by atoms with Crippen molar-refractivity contribution in [1.29, 1.82) is 0 Å². The number of carbonyl (C=O) groups is 4. The third-order valence-corrected chi connectivity index (χ3v) is 6.96. The van der Waals surface area contributed by atoms with Gasteiger partial charge in [0.2, 0.25) is 0 Å². The van der Waals surface area contributed by atoms with E-state index >= 15 is 0 Å². The number of benzene rings is 3. The van der Waals surface area contributed by atoms with Gasteiger partial charge >= 0.3 is 6.03 Å². The van der Waals surface area contributed by atoms with Crippen LogP contribution in [0.1, 0.15) is 18.1 Å². The minimum Gasteiger partial charge on any atom is -0.490 e. The lowest BCUT2D eigenvalue weighted by Gasteiger charge is -2.27. The summed E-state index contributed by atoms with van der Waals surface area (Å²) in [7, 11) is 0. The Hall–Kier alpha value is -3.76. The van der Waals surface area contributed by atoms with Gasteiger partial charge in [0.05, 0.1) is 27.4 Å². The van der Waals surface area contributed by atoms with Gasteiger partial charge in [0.25, 0.3) is 17.7 Å². The number of rotatable bonds is 8. The van der Waals surface area contributed by atoms with E-state index in [1.54, 1.807) is 38.1 Å². The zero-order valence-electron chi connectivity index (χ0n) is 21.5. The van der Waals surface area contributed by atoms with E-state index in [1.165, 1.54) is 30.3 Å². The SMILES string of the molecule is CCOc1cc(/C=C2\C(=O)NC(=O)N(c3cc(Cl)ccc3C)C2=O)cc(Cl)c1OCC(=O)Nc1ccc(Cl)c(Cl)c1. The standard InChI is InChI=1S/C28H21Cl4N3O6/c1-3-40-23-10-15(9-21(32)25(23)41-13-24(36)33-17-6-7-19(30)20(31)12-17)8-18-26(37)34-28(39)35(27(18)38)22-11-16(29)5-4-14(22)2/h4-12H,3,13H2,1-2H3,(H,33,36)(H,34,37,39)/b18-8+. The summed E-state index contributed by atoms with van der Waals surface area (Å²) in [4.78, 5) is 51.9. The van der Waals surface area contributed by atoms with E-state index in [4.69, 9.17) is 55.9 Å². The molecule has 0 atom stereocenters. The fourth-order valence-electron chi connectivity index (χ4n) is 3.85. The van der Waals surface area contributed by atoms with Gasteiger partial charge in [-0.2, -0.15) is 0 Å². The summed E-state index contributed by atoms with van der Waals surface area (Å²) >= 11 is 24.4. The van der Waals surface area contributed by atoms with Crippen LogP contribution < -0.4 is 25.0 Å². The second-order valence-corrected chi connectivity index (χ2v) is 10.3. The molecular weight excluding hydrogens is 616 g/mol. The highest BCUT2D eigenvalue weighted by molar-refractivity contribution is 6.42. The van der Waals surface area contributed by atoms with Crippen molar-refractivity contribution < 1.29 is 28.7 Å². The number of urea groups is 1. The molecule has 3 aromatic carbocycles. The first-order valence-corrected chi connectivity index (χ1v) is 13.5. The molecular formula is C28H21Cl4N3O6. The summed E-state index contributed by atoms with van der Waals surface area (Å²) < 4.78 is 11.3. The number of amides is 5. The Kier molecular flexibility index (Phi) is 9.45. The number of imide groups is 2. The summed E-state index contributed by atoms with van der Waals surface area (Å²) in [6.07, 6.45) is 1.27. The normalized spacial score (nSPS) is 14.2. The van der Waals surface area contributed by atoms with E-state index in [2.05, 4.69) is 10.6 Å². The average Bonchev–Trinajstić information content (AvgIpc) is 2.90. The van der Waals surface area contributed by atoms with Crippen LogP contribution in [0.2, 0.25) is 20.1 Å². The maximum atomic E-state index is 13.3. The number of nitrogens with one attached hydrogen (secondary N) is 2. The summed E-state index contributed by atoms with van der Waals surface area (Å²) in [6.45, 7) is 3.23. The van der Waals surface area contributed by atoms with Crippen molar-refractivity contribution in [2.75, 3.05) is 23.4 Å². The molecule has 0 aliphatic carbocycles. The smallest absolute Gasteiger partial charge is 0.335 e. The third-order valence-electron chi connectivity index (χ3n) is 5.71. The highest BCUT2D eigenvalue weighted by atomic mass is 35.5. The zero-order chi connectivity index (χ0) is 29.8. The molecule has 1 heterocycles. The van der Waals surface area contributed by atoms with Gasteiger partial charge in [-0.25, -0.2) is 9.69 Å². The third kappa shape index (κ3) is 6.94. The first-order valence-electron chi connectivity index (χ1n) is 12.0. The maximum absolute atomic E-state index is 13.3. The van der Waals surface area contributed by atoms with Crippen LogP contribution in [0, 0.1) is 6.92 Å². The van der Waals surface area contributed by atoms with E-state index < -0.39 is 30.4 Å². The topological polar surface area (TPSA) is 114 Å². The summed E-state index contributed by atoms with van der Waals surface area (Å²) in [5.74, 6) is -2.00. The molecule has 41 heavy (non-hydrogen) atoms. The molecule has 3 aromatic rings. The van der Waals surface area contributed by atoms with E-state index in [9.17, 15) is 19.2 Å². The predicted octanol–water partition coefficient (Wildman–Crippen LogP) is 6.69. The fraction of sp³-hybridized carbons (Fsp3) is 0.143. The minimum atomic E-state index is -0.904. The molecule has 4 rings (SSSR count). The predicted molar refractivity (Wildman–Crippen MR) is 158 cm³/mol. The van der Waals surface area contributed by atoms with Crippen LogP contribution in [0.25, 0.3) is 6.08 Å². The molecule has 13 heteroatoms. The molecule has 1 fully saturated rings. The molecule has 0 bridgehead atoms. The lowest BCUT2D eigenvalue weighted by Crippen LogP contribution is -2.54. The van der Waals surface area contributed by atoms with Crippen molar-refractivity contribution in [1.82, 2.24) is 5.32 Å². The summed E-state index contributed by atoms with van der Waals surface area (Å²) in [5.41, 5.74) is 1.23. The highest BCUT2D eigenvalue weighted by Gasteiger charge is 2.37. The molecule has 0 aromatic heterocycles. The molecule has 1 aliphatic rings. The second-order valence-electron chi connectivity index (χ2n) is 8.62. The summed E-state index contributed by atoms with van der Waals surface area (Å²) in [6, 6.07) is 11.3. The van der Waals surface area contributed by atoms with Gasteiger partial charge in [0, 0.05) is 10.7 Å². The number of nitrogens with zero attached hydrogens (tertiary/aromatic N) is 1. The van der Waals surface area contributed by atoms with E-state index in [0.29, 0.717) is 26.9 Å². The van der Waals surface area contributed by atoms with Crippen LogP contribution >= 0.6 is 46.4 Å². The van der Waals surface area contributed by atoms with Gasteiger partial charge in [-0.05, 0) is 73.5 Å². The first kappa shape index (κ1) is 30.2. The Bertz CT molecular complexity index is 1610. The lowest BCUT2D eigenvalue weighted by atomic mass is 10.1. The quantitative estimate of drug-likeness (QED) is 0.210. The molecule has 0 saturated carbocycles. The largest absolute Gasteiger partial charge is 0.490 e. The average molecular weight is 637 g/mol. The number of aryl methyl sites for hydroxylation is 1. The summed E-state index contributed by atoms with van der Waals surface area (Å²) in [5, 5.41) is 5.77. The number of hydrogen-bond donors (Lipinski definition) is 2. The Morgan fingerprint density at radius 3 is 2.41 bits per heavy atom. The van der Waals surface area contributed by atoms with Crippen molar-refractivity contribution in [3.8, 4) is 11.5 Å². The van der Waals surface area contributed by atoms with Crippen LogP contribution in [0.15, 0.2) is 54.1 Å². The van der Waals surface area contributed by atoms with Gasteiger partial charge in [0.15, 0.2) is 18.1 Å². The Morgan fingerprint density at radius 2 is 1.71 bits per heavy atom. The van der Waals surface area contributed by atoms with E-state index in [-0.39, 0.29) is 39.4 Å². The molecule has 1 aliphatic heterocycles. The fourth-order valence-corrected chi connectivity index (χ4v) is 4.59. The van der Waals surface area contributed by atoms with E-state index in [0.717, 1.165) is 4.90 Å². The zero-order valence-corrected chi connectivity index (χ0v) is 24.5. The number of carbonyl (C=O) groups excluding carboxylic acids is 4. The van der Waals surface area contributed by atoms with Crippen LogP contribution in [-0.4, -0.2) is 37.0 Å². The number of hydrogen-bond acceptors (Lipinski definition) is 6. The lowest BCUT2D eigenvalue weighted by molar-refractivity contribution is -0.122. The van der Waals surface area contributed by atoms with Crippen LogP contribution in [0.5, 0.6) is 11.5 Å². The number of ether oxygens (including phenoxy) is 2. The molecule has 0 spiro atoms. The molecule has 0 radical (unpaired) electrons. The Morgan fingerprint density at radius 1 is 0.951 bits per heavy atom. The van der Waals surface area contributed by atoms with Crippen LogP contribution in [-0.2, 0) is 14.4 Å². The van der Waals surface area contributed by atoms with Crippen molar-refractivity contribution >= 4 is 87.6 Å². The number of anilines is 2. The van der Waals surface area contributed by atoms with Gasteiger partial charge in [-0.1, -0.05) is 52.5 Å². The molecule has 2 N–H and O–H groups in total. The molecule has 0 unspecified atom stereocenters. The van der Waals surface area contributed by atoms with Crippen molar-refractivity contribution in [2.45, 2.75) is 13.8 Å². The number of halogens is 4. The Labute approximate surface area is 254 Å². The second kappa shape index (κ2) is 12.8. The molecule has 1 saturated heterocycles. The Balaban J connectivity index is 1.59. The molecule has 212 valence electrons. The first-order chi connectivity index (χ1) is 19.5. The van der Waals surface area contributed by atoms with Gasteiger partial charge in [0.1, 0.15) is 5.57 Å². The highest BCUT2D eigenvalue weighted by Crippen LogP contribution is 2.38. The van der Waals surface area contributed by atoms with Crippen molar-refractivity contribution in [3.05, 3.63) is 85.3 Å². The van der Waals surface area contributed by atoms with Gasteiger partial charge < -0.3 is 14.8 Å². The van der Waals surface area contributed by atoms with E-state index in [1.807, 2.05) is 0 Å². The van der Waals surface area contributed by atoms with Gasteiger partial charge in [-0.15, -0.1) is 0 Å². The van der Waals surface area contributed by atoms with Crippen molar-refractivity contribution in [3.63, 3.8) is 0 Å². The molecule has 9 nitrogen and oxygen atoms in total. The number of barbiturate groups is 1.